The number of nitrogen functional groups attached to an aromatic ring is 1. The molecule has 0 radical (unpaired) electrons. The van der Waals surface area contributed by atoms with Crippen LogP contribution in [-0.4, -0.2) is 51.9 Å². The normalized spacial score (nSPS) is 18.5. The first-order valence-electron chi connectivity index (χ1n) is 10.1. The molecule has 0 fully saturated rings. The number of anilines is 1. The molecule has 0 aliphatic carbocycles. The lowest BCUT2D eigenvalue weighted by molar-refractivity contribution is 0.0703. The Balaban J connectivity index is 1.47. The molecule has 2 atom stereocenters. The van der Waals surface area contributed by atoms with Gasteiger partial charge in [0.2, 0.25) is 0 Å². The summed E-state index contributed by atoms with van der Waals surface area (Å²) < 4.78 is 27.9. The number of hydrogen-bond donors (Lipinski definition) is 1. The fourth-order valence-electron chi connectivity index (χ4n) is 4.15. The second-order valence-electron chi connectivity index (χ2n) is 7.96. The molecule has 166 valence electrons. The summed E-state index contributed by atoms with van der Waals surface area (Å²) in [5.74, 6) is 0.824. The van der Waals surface area contributed by atoms with Gasteiger partial charge in [-0.1, -0.05) is 6.07 Å². The van der Waals surface area contributed by atoms with Crippen LogP contribution in [0.3, 0.4) is 0 Å². The topological polar surface area (TPSA) is 120 Å². The van der Waals surface area contributed by atoms with E-state index in [1.54, 1.807) is 42.6 Å². The highest BCUT2D eigenvalue weighted by Crippen LogP contribution is 2.38. The molecule has 2 aliphatic heterocycles. The Kier molecular flexibility index (Phi) is 4.79. The fourth-order valence-corrected chi connectivity index (χ4v) is 5.01. The second-order valence-corrected chi connectivity index (χ2v) is 10.4. The maximum atomic E-state index is 13.3. The van der Waals surface area contributed by atoms with E-state index in [4.69, 9.17) is 15.2 Å². The van der Waals surface area contributed by atoms with E-state index in [1.165, 1.54) is 7.05 Å². The number of pyridine rings is 2. The van der Waals surface area contributed by atoms with Crippen molar-refractivity contribution >= 4 is 32.4 Å². The van der Waals surface area contributed by atoms with Gasteiger partial charge in [0.15, 0.2) is 0 Å². The number of carbonyl (C=O) groups is 1. The van der Waals surface area contributed by atoms with E-state index in [0.29, 0.717) is 47.5 Å². The van der Waals surface area contributed by atoms with E-state index in [-0.39, 0.29) is 11.9 Å². The van der Waals surface area contributed by atoms with Crippen LogP contribution < -0.4 is 10.5 Å². The van der Waals surface area contributed by atoms with E-state index in [0.717, 1.165) is 22.1 Å². The third-order valence-corrected chi connectivity index (χ3v) is 7.97. The summed E-state index contributed by atoms with van der Waals surface area (Å²) in [4.78, 5) is 24.3. The summed E-state index contributed by atoms with van der Waals surface area (Å²) in [6.45, 7) is 1.16. The maximum Gasteiger partial charge on any atom is 0.272 e. The molecule has 0 spiro atoms. The van der Waals surface area contributed by atoms with Crippen molar-refractivity contribution in [3.05, 3.63) is 52.8 Å². The van der Waals surface area contributed by atoms with Crippen LogP contribution in [0.25, 0.3) is 10.9 Å². The Morgan fingerprint density at radius 3 is 2.84 bits per heavy atom. The average Bonchev–Trinajstić information content (AvgIpc) is 3.45. The van der Waals surface area contributed by atoms with Crippen LogP contribution in [-0.2, 0) is 27.7 Å². The average molecular weight is 454 g/mol. The molecular formula is C22H23N5O4S. The minimum absolute atomic E-state index is 0.232. The lowest BCUT2D eigenvalue weighted by Gasteiger charge is -2.23. The molecular weight excluding hydrogens is 430 g/mol. The van der Waals surface area contributed by atoms with Gasteiger partial charge in [-0.2, -0.15) is 0 Å². The first-order chi connectivity index (χ1) is 15.3. The molecule has 1 amide bonds. The number of amides is 1. The summed E-state index contributed by atoms with van der Waals surface area (Å²) in [6.07, 6.45) is 3.16. The highest BCUT2D eigenvalue weighted by atomic mass is 32.2. The third kappa shape index (κ3) is 3.18. The van der Waals surface area contributed by atoms with Crippen molar-refractivity contribution in [1.82, 2.24) is 14.9 Å². The Morgan fingerprint density at radius 2 is 2.06 bits per heavy atom. The molecule has 3 aromatic rings. The lowest BCUT2D eigenvalue weighted by atomic mass is 10.0. The van der Waals surface area contributed by atoms with Crippen LogP contribution in [0.1, 0.15) is 33.2 Å². The van der Waals surface area contributed by atoms with Crippen LogP contribution in [0.5, 0.6) is 5.75 Å². The summed E-state index contributed by atoms with van der Waals surface area (Å²) in [7, 11) is 0.795. The number of hydrogen-bond acceptors (Lipinski definition) is 8. The van der Waals surface area contributed by atoms with Gasteiger partial charge in [-0.05, 0) is 23.8 Å². The minimum Gasteiger partial charge on any atom is -0.491 e. The van der Waals surface area contributed by atoms with Gasteiger partial charge in [0.1, 0.15) is 23.9 Å². The monoisotopic (exact) mass is 453 g/mol. The number of benzene rings is 1. The zero-order valence-electron chi connectivity index (χ0n) is 18.0. The standard InChI is InChI=1S/C22H23N5O4S/c1-24-32(3,29)12-4-5-13-19(11-31-20(13)6-12)27(2)22(28)17-7-14-15-9-30-10-16(15)21(23)26-18(14)8-25-17/h4-8,19H,9-11H2,1-3H3,(H2,23,26)/t19-,32+/m1/s1. The van der Waals surface area contributed by atoms with Crippen molar-refractivity contribution < 1.29 is 18.5 Å². The molecule has 5 rings (SSSR count). The van der Waals surface area contributed by atoms with Gasteiger partial charge < -0.3 is 20.1 Å². The Labute approximate surface area is 185 Å². The number of rotatable bonds is 3. The third-order valence-electron chi connectivity index (χ3n) is 6.15. The summed E-state index contributed by atoms with van der Waals surface area (Å²) >= 11 is 0. The molecule has 1 aromatic carbocycles. The largest absolute Gasteiger partial charge is 0.491 e. The first kappa shape index (κ1) is 20.7. The van der Waals surface area contributed by atoms with Crippen LogP contribution >= 0.6 is 0 Å². The van der Waals surface area contributed by atoms with Gasteiger partial charge in [-0.25, -0.2) is 18.5 Å². The van der Waals surface area contributed by atoms with Gasteiger partial charge in [-0.3, -0.25) is 4.79 Å². The van der Waals surface area contributed by atoms with Crippen LogP contribution in [0.4, 0.5) is 5.82 Å². The predicted octanol–water partition coefficient (Wildman–Crippen LogP) is 2.53. The number of fused-ring (bicyclic) bond motifs is 4. The van der Waals surface area contributed by atoms with E-state index in [1.807, 2.05) is 6.07 Å². The van der Waals surface area contributed by atoms with Gasteiger partial charge >= 0.3 is 0 Å². The molecule has 2 aromatic heterocycles. The molecule has 2 aliphatic rings. The molecule has 10 heteroatoms. The van der Waals surface area contributed by atoms with Gasteiger partial charge in [0.25, 0.3) is 5.91 Å². The first-order valence-corrected chi connectivity index (χ1v) is 12.0. The Hall–Kier alpha value is -3.24. The highest BCUT2D eigenvalue weighted by molar-refractivity contribution is 7.93. The van der Waals surface area contributed by atoms with Crippen molar-refractivity contribution in [2.75, 3.05) is 32.7 Å². The zero-order valence-corrected chi connectivity index (χ0v) is 18.8. The maximum absolute atomic E-state index is 13.3. The Bertz CT molecular complexity index is 1400. The summed E-state index contributed by atoms with van der Waals surface area (Å²) in [5, 5.41) is 0.826. The van der Waals surface area contributed by atoms with E-state index >= 15 is 0 Å². The van der Waals surface area contributed by atoms with Crippen molar-refractivity contribution in [1.29, 1.82) is 0 Å². The zero-order chi connectivity index (χ0) is 22.6. The van der Waals surface area contributed by atoms with Crippen LogP contribution in [0, 0.1) is 0 Å². The smallest absolute Gasteiger partial charge is 0.272 e. The lowest BCUT2D eigenvalue weighted by Crippen LogP contribution is -2.32. The molecule has 32 heavy (non-hydrogen) atoms. The molecule has 9 nitrogen and oxygen atoms in total. The van der Waals surface area contributed by atoms with E-state index in [2.05, 4.69) is 14.3 Å². The van der Waals surface area contributed by atoms with Crippen LogP contribution in [0.15, 0.2) is 39.7 Å². The van der Waals surface area contributed by atoms with Gasteiger partial charge in [-0.15, -0.1) is 0 Å². The van der Waals surface area contributed by atoms with Crippen molar-refractivity contribution in [2.24, 2.45) is 4.36 Å². The molecule has 2 N–H and O–H groups in total. The highest BCUT2D eigenvalue weighted by Gasteiger charge is 2.32. The van der Waals surface area contributed by atoms with Gasteiger partial charge in [0, 0.05) is 36.9 Å². The Morgan fingerprint density at radius 1 is 1.28 bits per heavy atom. The number of nitrogens with two attached hydrogens (primary N) is 1. The van der Waals surface area contributed by atoms with E-state index in [9.17, 15) is 9.00 Å². The fraction of sp³-hybridized carbons (Fsp3) is 0.318. The second kappa shape index (κ2) is 7.42. The molecule has 0 saturated heterocycles. The molecule has 0 saturated carbocycles. The van der Waals surface area contributed by atoms with Crippen molar-refractivity contribution in [2.45, 2.75) is 24.2 Å². The summed E-state index contributed by atoms with van der Waals surface area (Å²) in [6, 6.07) is 6.85. The number of aromatic nitrogens is 2. The van der Waals surface area contributed by atoms with Gasteiger partial charge in [0.05, 0.1) is 45.6 Å². The van der Waals surface area contributed by atoms with Crippen molar-refractivity contribution in [3.8, 4) is 5.75 Å². The quantitative estimate of drug-likeness (QED) is 0.647. The molecule has 4 heterocycles. The van der Waals surface area contributed by atoms with Crippen LogP contribution in [0.2, 0.25) is 0 Å². The number of ether oxygens (including phenoxy) is 2. The SMILES string of the molecule is CN=[S@@](C)(=O)c1ccc2c(c1)OC[C@H]2N(C)C(=O)c1cc2c3c(c(N)nc2cn1)COC3. The van der Waals surface area contributed by atoms with E-state index < -0.39 is 9.73 Å². The summed E-state index contributed by atoms with van der Waals surface area (Å²) in [5.41, 5.74) is 9.66. The molecule has 0 unspecified atom stereocenters. The number of nitrogens with zero attached hydrogens (tertiary/aromatic N) is 4. The number of likely N-dealkylation sites (N-methyl/N-ethyl adjacent to an activating group) is 1. The number of carbonyl (C=O) groups excluding carboxylic acids is 1. The predicted molar refractivity (Wildman–Crippen MR) is 120 cm³/mol. The minimum atomic E-state index is -2.47. The van der Waals surface area contributed by atoms with Crippen molar-refractivity contribution in [3.63, 3.8) is 0 Å². The molecule has 0 bridgehead atoms.